The number of piperazine rings is 1. The monoisotopic (exact) mass is 447 g/mol. The number of alkyl halides is 6. The van der Waals surface area contributed by atoms with E-state index in [2.05, 4.69) is 0 Å². The fourth-order valence-electron chi connectivity index (χ4n) is 3.12. The average Bonchev–Trinajstić information content (AvgIpc) is 2.60. The van der Waals surface area contributed by atoms with Crippen molar-refractivity contribution in [2.75, 3.05) is 26.2 Å². The van der Waals surface area contributed by atoms with Gasteiger partial charge < -0.3 is 5.73 Å². The molecular weight excluding hydrogens is 428 g/mol. The molecule has 164 valence electrons. The van der Waals surface area contributed by atoms with Crippen molar-refractivity contribution in [3.8, 4) is 0 Å². The molecule has 1 atom stereocenters. The van der Waals surface area contributed by atoms with Gasteiger partial charge in [-0.25, -0.2) is 8.42 Å². The normalized spacial score (nSPS) is 18.6. The molecule has 1 unspecified atom stereocenters. The Hall–Kier alpha value is -1.86. The van der Waals surface area contributed by atoms with Crippen LogP contribution >= 0.6 is 0 Å². The second-order valence-electron chi connectivity index (χ2n) is 6.51. The molecule has 1 aromatic carbocycles. The highest BCUT2D eigenvalue weighted by Gasteiger charge is 2.40. The third-order valence-electron chi connectivity index (χ3n) is 4.63. The smallest absolute Gasteiger partial charge is 0.368 e. The first kappa shape index (κ1) is 23.4. The van der Waals surface area contributed by atoms with E-state index < -0.39 is 50.3 Å². The first-order valence-electron chi connectivity index (χ1n) is 8.51. The summed E-state index contributed by atoms with van der Waals surface area (Å²) < 4.78 is 104. The van der Waals surface area contributed by atoms with Crippen LogP contribution in [-0.4, -0.2) is 55.8 Å². The lowest BCUT2D eigenvalue weighted by Crippen LogP contribution is -2.54. The first-order chi connectivity index (χ1) is 13.2. The molecule has 0 saturated carbocycles. The molecule has 0 spiro atoms. The van der Waals surface area contributed by atoms with Gasteiger partial charge in [0.1, 0.15) is 0 Å². The Morgan fingerprint density at radius 1 is 1.00 bits per heavy atom. The minimum atomic E-state index is -5.15. The van der Waals surface area contributed by atoms with Crippen LogP contribution in [0.1, 0.15) is 24.5 Å². The van der Waals surface area contributed by atoms with Crippen LogP contribution in [0, 0.1) is 0 Å². The van der Waals surface area contributed by atoms with Gasteiger partial charge in [-0.3, -0.25) is 9.69 Å². The van der Waals surface area contributed by atoms with E-state index in [0.29, 0.717) is 6.42 Å². The van der Waals surface area contributed by atoms with Crippen LogP contribution in [-0.2, 0) is 27.2 Å². The Morgan fingerprint density at radius 3 is 1.79 bits per heavy atom. The van der Waals surface area contributed by atoms with Crippen LogP contribution in [0.4, 0.5) is 26.3 Å². The first-order valence-corrected chi connectivity index (χ1v) is 9.95. The van der Waals surface area contributed by atoms with Gasteiger partial charge in [0, 0.05) is 26.2 Å². The lowest BCUT2D eigenvalue weighted by atomic mass is 10.1. The highest BCUT2D eigenvalue weighted by atomic mass is 32.2. The average molecular weight is 447 g/mol. The number of hydrogen-bond donors (Lipinski definition) is 1. The van der Waals surface area contributed by atoms with E-state index in [9.17, 15) is 39.6 Å². The van der Waals surface area contributed by atoms with Crippen LogP contribution < -0.4 is 5.73 Å². The summed E-state index contributed by atoms with van der Waals surface area (Å²) in [6.07, 6.45) is -9.93. The summed E-state index contributed by atoms with van der Waals surface area (Å²) in [5.41, 5.74) is 1.87. The summed E-state index contributed by atoms with van der Waals surface area (Å²) in [6, 6.07) is -0.384. The van der Waals surface area contributed by atoms with Gasteiger partial charge in [0.05, 0.1) is 22.1 Å². The lowest BCUT2D eigenvalue weighted by Gasteiger charge is -2.37. The Bertz CT molecular complexity index is 829. The quantitative estimate of drug-likeness (QED) is 0.703. The molecule has 1 saturated heterocycles. The van der Waals surface area contributed by atoms with Gasteiger partial charge in [-0.15, -0.1) is 0 Å². The lowest BCUT2D eigenvalue weighted by molar-refractivity contribution is -0.143. The Labute approximate surface area is 163 Å². The van der Waals surface area contributed by atoms with Crippen LogP contribution in [0.3, 0.4) is 0 Å². The van der Waals surface area contributed by atoms with Crippen LogP contribution in [0.25, 0.3) is 0 Å². The molecule has 2 N–H and O–H groups in total. The molecule has 0 aliphatic carbocycles. The highest BCUT2D eigenvalue weighted by molar-refractivity contribution is 7.89. The molecule has 1 aliphatic heterocycles. The number of benzene rings is 1. The summed E-state index contributed by atoms with van der Waals surface area (Å²) >= 11 is 0. The largest absolute Gasteiger partial charge is 0.416 e. The maximum atomic E-state index is 13.0. The summed E-state index contributed by atoms with van der Waals surface area (Å²) in [4.78, 5) is 12.0. The molecule has 6 nitrogen and oxygen atoms in total. The SMILES string of the molecule is CCC(C(N)=O)N1CCN(S(=O)(=O)c2cc(C(F)(F)F)cc(C(F)(F)F)c2)CC1. The third-order valence-corrected chi connectivity index (χ3v) is 6.50. The molecule has 0 radical (unpaired) electrons. The molecule has 13 heteroatoms. The van der Waals surface area contributed by atoms with E-state index in [4.69, 9.17) is 5.73 Å². The van der Waals surface area contributed by atoms with Gasteiger partial charge >= 0.3 is 12.4 Å². The number of amides is 1. The molecule has 1 amide bonds. The Kier molecular flexibility index (Phi) is 6.55. The number of rotatable bonds is 5. The van der Waals surface area contributed by atoms with Gasteiger partial charge in [-0.2, -0.15) is 30.6 Å². The maximum Gasteiger partial charge on any atom is 0.416 e. The molecule has 0 aromatic heterocycles. The predicted octanol–water partition coefficient (Wildman–Crippen LogP) is 2.29. The Balaban J connectivity index is 2.35. The van der Waals surface area contributed by atoms with Crippen molar-refractivity contribution >= 4 is 15.9 Å². The number of primary amides is 1. The number of carbonyl (C=O) groups excluding carboxylic acids is 1. The van der Waals surface area contributed by atoms with E-state index in [1.807, 2.05) is 0 Å². The summed E-state index contributed by atoms with van der Waals surface area (Å²) in [5.74, 6) is -0.600. The second-order valence-corrected chi connectivity index (χ2v) is 8.45. The maximum absolute atomic E-state index is 13.0. The zero-order valence-electron chi connectivity index (χ0n) is 15.2. The highest BCUT2D eigenvalue weighted by Crippen LogP contribution is 2.37. The van der Waals surface area contributed by atoms with E-state index in [-0.39, 0.29) is 44.4 Å². The van der Waals surface area contributed by atoms with Crippen LogP contribution in [0.15, 0.2) is 23.1 Å². The number of carbonyl (C=O) groups is 1. The van der Waals surface area contributed by atoms with Gasteiger partial charge in [-0.05, 0) is 24.6 Å². The number of halogens is 6. The molecule has 0 bridgehead atoms. The topological polar surface area (TPSA) is 83.7 Å². The summed E-state index contributed by atoms with van der Waals surface area (Å²) in [6.45, 7) is 1.42. The standard InChI is InChI=1S/C16H19F6N3O3S/c1-2-13(14(23)26)24-3-5-25(6-4-24)29(27,28)12-8-10(15(17,18)19)7-11(9-12)16(20,21)22/h7-9,13H,2-6H2,1H3,(H2,23,26). The van der Waals surface area contributed by atoms with Gasteiger partial charge in [0.2, 0.25) is 15.9 Å². The van der Waals surface area contributed by atoms with Crippen molar-refractivity contribution < 1.29 is 39.6 Å². The number of nitrogens with two attached hydrogens (primary N) is 1. The van der Waals surface area contributed by atoms with Crippen molar-refractivity contribution in [2.24, 2.45) is 5.73 Å². The Morgan fingerprint density at radius 2 is 1.45 bits per heavy atom. The molecule has 1 aromatic rings. The number of sulfonamides is 1. The fraction of sp³-hybridized carbons (Fsp3) is 0.562. The van der Waals surface area contributed by atoms with Gasteiger partial charge in [0.15, 0.2) is 0 Å². The van der Waals surface area contributed by atoms with E-state index in [0.717, 1.165) is 4.31 Å². The second kappa shape index (κ2) is 8.11. The molecule has 2 rings (SSSR count). The van der Waals surface area contributed by atoms with Crippen molar-refractivity contribution in [3.63, 3.8) is 0 Å². The molecule has 1 fully saturated rings. The van der Waals surface area contributed by atoms with Gasteiger partial charge in [-0.1, -0.05) is 6.92 Å². The van der Waals surface area contributed by atoms with Crippen LogP contribution in [0.2, 0.25) is 0 Å². The van der Waals surface area contributed by atoms with Crippen molar-refractivity contribution in [3.05, 3.63) is 29.3 Å². The van der Waals surface area contributed by atoms with E-state index in [1.54, 1.807) is 11.8 Å². The minimum absolute atomic E-state index is 0.0613. The van der Waals surface area contributed by atoms with Crippen molar-refractivity contribution in [1.82, 2.24) is 9.21 Å². The fourth-order valence-corrected chi connectivity index (χ4v) is 4.61. The predicted molar refractivity (Wildman–Crippen MR) is 90.1 cm³/mol. The van der Waals surface area contributed by atoms with Crippen LogP contribution in [0.5, 0.6) is 0 Å². The summed E-state index contributed by atoms with van der Waals surface area (Å²) in [7, 11) is -4.61. The van der Waals surface area contributed by atoms with Crippen molar-refractivity contribution in [1.29, 1.82) is 0 Å². The van der Waals surface area contributed by atoms with Gasteiger partial charge in [0.25, 0.3) is 0 Å². The molecule has 29 heavy (non-hydrogen) atoms. The van der Waals surface area contributed by atoms with E-state index >= 15 is 0 Å². The molecule has 1 heterocycles. The molecular formula is C16H19F6N3O3S. The zero-order chi connectivity index (χ0) is 22.2. The zero-order valence-corrected chi connectivity index (χ0v) is 16.0. The number of hydrogen-bond acceptors (Lipinski definition) is 4. The van der Waals surface area contributed by atoms with E-state index in [1.165, 1.54) is 0 Å². The third kappa shape index (κ3) is 5.20. The summed E-state index contributed by atoms with van der Waals surface area (Å²) in [5, 5.41) is 0. The minimum Gasteiger partial charge on any atom is -0.368 e. The van der Waals surface area contributed by atoms with Crippen molar-refractivity contribution in [2.45, 2.75) is 36.6 Å². The number of nitrogens with zero attached hydrogens (tertiary/aromatic N) is 2. The molecule has 1 aliphatic rings.